The average Bonchev–Trinajstić information content (AvgIpc) is 3.42. The van der Waals surface area contributed by atoms with Crippen molar-refractivity contribution in [3.63, 3.8) is 0 Å². The highest BCUT2D eigenvalue weighted by Gasteiger charge is 2.32. The van der Waals surface area contributed by atoms with Crippen molar-refractivity contribution in [3.05, 3.63) is 39.9 Å². The predicted octanol–water partition coefficient (Wildman–Crippen LogP) is 2.13. The van der Waals surface area contributed by atoms with E-state index in [0.29, 0.717) is 24.3 Å². The Morgan fingerprint density at radius 2 is 1.93 bits per heavy atom. The lowest BCUT2D eigenvalue weighted by Gasteiger charge is -2.41. The van der Waals surface area contributed by atoms with Gasteiger partial charge in [-0.3, -0.25) is 9.59 Å². The summed E-state index contributed by atoms with van der Waals surface area (Å²) in [6.45, 7) is 4.61. The number of fused-ring (bicyclic) bond motifs is 1. The quantitative estimate of drug-likeness (QED) is 0.820. The van der Waals surface area contributed by atoms with E-state index in [9.17, 15) is 23.9 Å². The predicted molar refractivity (Wildman–Crippen MR) is 102 cm³/mol. The van der Waals surface area contributed by atoms with Gasteiger partial charge in [0, 0.05) is 36.6 Å². The number of amides is 1. The second kappa shape index (κ2) is 6.61. The summed E-state index contributed by atoms with van der Waals surface area (Å²) in [4.78, 5) is 37.5. The fourth-order valence-electron chi connectivity index (χ4n) is 3.54. The van der Waals surface area contributed by atoms with Gasteiger partial charge in [-0.25, -0.2) is 9.18 Å². The smallest absolute Gasteiger partial charge is 0.341 e. The normalized spacial score (nSPS) is 17.1. The molecule has 2 heterocycles. The van der Waals surface area contributed by atoms with E-state index in [-0.39, 0.29) is 34.9 Å². The van der Waals surface area contributed by atoms with Gasteiger partial charge >= 0.3 is 5.97 Å². The zero-order valence-electron chi connectivity index (χ0n) is 15.7. The van der Waals surface area contributed by atoms with Gasteiger partial charge in [-0.05, 0) is 25.0 Å². The SMILES string of the molecule is CC(C)C(=O)NC1CN(c2cc3c(cc2F)c(=O)c(C(=O)O)cn3C2CC2)C1. The van der Waals surface area contributed by atoms with Crippen LogP contribution in [0, 0.1) is 11.7 Å². The molecule has 2 aliphatic rings. The summed E-state index contributed by atoms with van der Waals surface area (Å²) >= 11 is 0. The van der Waals surface area contributed by atoms with Crippen LogP contribution in [0.15, 0.2) is 23.1 Å². The van der Waals surface area contributed by atoms with E-state index in [4.69, 9.17) is 0 Å². The van der Waals surface area contributed by atoms with Gasteiger partial charge in [0.2, 0.25) is 11.3 Å². The monoisotopic (exact) mass is 387 g/mol. The number of anilines is 1. The molecule has 0 unspecified atom stereocenters. The van der Waals surface area contributed by atoms with Crippen LogP contribution < -0.4 is 15.6 Å². The Morgan fingerprint density at radius 3 is 2.50 bits per heavy atom. The molecular weight excluding hydrogens is 365 g/mol. The molecule has 1 aliphatic heterocycles. The van der Waals surface area contributed by atoms with Crippen LogP contribution >= 0.6 is 0 Å². The minimum Gasteiger partial charge on any atom is -0.477 e. The molecule has 28 heavy (non-hydrogen) atoms. The van der Waals surface area contributed by atoms with E-state index < -0.39 is 17.2 Å². The third-order valence-corrected chi connectivity index (χ3v) is 5.36. The number of carboxylic acid groups (broad SMARTS) is 1. The summed E-state index contributed by atoms with van der Waals surface area (Å²) in [5.74, 6) is -2.02. The molecule has 8 heteroatoms. The number of pyridine rings is 1. The molecule has 1 saturated heterocycles. The lowest BCUT2D eigenvalue weighted by Crippen LogP contribution is -2.60. The van der Waals surface area contributed by atoms with Crippen LogP contribution in [0.1, 0.15) is 43.1 Å². The number of aromatic nitrogens is 1. The van der Waals surface area contributed by atoms with Crippen LogP contribution in [0.25, 0.3) is 10.9 Å². The first-order valence-corrected chi connectivity index (χ1v) is 9.43. The van der Waals surface area contributed by atoms with Gasteiger partial charge < -0.3 is 19.9 Å². The Balaban J connectivity index is 1.68. The number of nitrogens with zero attached hydrogens (tertiary/aromatic N) is 2. The zero-order valence-corrected chi connectivity index (χ0v) is 15.7. The minimum absolute atomic E-state index is 0.0348. The van der Waals surface area contributed by atoms with Crippen molar-refractivity contribution in [1.82, 2.24) is 9.88 Å². The van der Waals surface area contributed by atoms with Crippen molar-refractivity contribution in [2.45, 2.75) is 38.8 Å². The minimum atomic E-state index is -1.31. The van der Waals surface area contributed by atoms with E-state index in [2.05, 4.69) is 5.32 Å². The highest BCUT2D eigenvalue weighted by atomic mass is 19.1. The number of carboxylic acids is 1. The topological polar surface area (TPSA) is 91.6 Å². The van der Waals surface area contributed by atoms with Crippen LogP contribution in [-0.4, -0.2) is 40.7 Å². The molecule has 0 spiro atoms. The molecule has 0 bridgehead atoms. The van der Waals surface area contributed by atoms with Crippen molar-refractivity contribution in [2.75, 3.05) is 18.0 Å². The summed E-state index contributed by atoms with van der Waals surface area (Å²) in [7, 11) is 0. The number of halogens is 1. The summed E-state index contributed by atoms with van der Waals surface area (Å²) in [6.07, 6.45) is 3.17. The van der Waals surface area contributed by atoms with Crippen LogP contribution in [0.5, 0.6) is 0 Å². The number of carbonyl (C=O) groups is 2. The number of carbonyl (C=O) groups excluding carboxylic acids is 1. The Labute approximate surface area is 160 Å². The maximum absolute atomic E-state index is 14.7. The van der Waals surface area contributed by atoms with E-state index in [1.54, 1.807) is 10.6 Å². The number of benzene rings is 1. The third-order valence-electron chi connectivity index (χ3n) is 5.36. The second-order valence-electron chi connectivity index (χ2n) is 7.90. The van der Waals surface area contributed by atoms with E-state index >= 15 is 0 Å². The molecule has 0 atom stereocenters. The standard InChI is InChI=1S/C20H22FN3O4/c1-10(2)19(26)22-11-7-23(8-11)17-6-16-13(5-15(17)21)18(25)14(20(27)28)9-24(16)12-3-4-12/h5-6,9-12H,3-4,7-8H2,1-2H3,(H,22,26)(H,27,28). The van der Waals surface area contributed by atoms with Gasteiger partial charge in [-0.15, -0.1) is 0 Å². The lowest BCUT2D eigenvalue weighted by atomic mass is 10.0. The largest absolute Gasteiger partial charge is 0.477 e. The van der Waals surface area contributed by atoms with Gasteiger partial charge in [0.25, 0.3) is 0 Å². The third kappa shape index (κ3) is 3.12. The maximum atomic E-state index is 14.7. The molecule has 7 nitrogen and oxygen atoms in total. The molecule has 0 radical (unpaired) electrons. The molecular formula is C20H22FN3O4. The van der Waals surface area contributed by atoms with Gasteiger partial charge in [-0.2, -0.15) is 0 Å². The first kappa shape index (κ1) is 18.5. The number of hydrogen-bond acceptors (Lipinski definition) is 4. The molecule has 1 aromatic carbocycles. The van der Waals surface area contributed by atoms with Crippen LogP contribution in [-0.2, 0) is 4.79 Å². The van der Waals surface area contributed by atoms with Crippen LogP contribution in [0.3, 0.4) is 0 Å². The first-order valence-electron chi connectivity index (χ1n) is 9.43. The number of hydrogen-bond donors (Lipinski definition) is 2. The Kier molecular flexibility index (Phi) is 4.36. The molecule has 2 fully saturated rings. The van der Waals surface area contributed by atoms with Crippen LogP contribution in [0.2, 0.25) is 0 Å². The highest BCUT2D eigenvalue weighted by molar-refractivity contribution is 5.93. The maximum Gasteiger partial charge on any atom is 0.341 e. The molecule has 148 valence electrons. The van der Waals surface area contributed by atoms with Crippen molar-refractivity contribution in [3.8, 4) is 0 Å². The van der Waals surface area contributed by atoms with E-state index in [1.807, 2.05) is 18.7 Å². The van der Waals surface area contributed by atoms with Crippen LogP contribution in [0.4, 0.5) is 10.1 Å². The first-order chi connectivity index (χ1) is 13.3. The van der Waals surface area contributed by atoms with Crippen molar-refractivity contribution in [2.24, 2.45) is 5.92 Å². The van der Waals surface area contributed by atoms with Crippen molar-refractivity contribution in [1.29, 1.82) is 0 Å². The molecule has 1 aromatic heterocycles. The van der Waals surface area contributed by atoms with Crippen molar-refractivity contribution < 1.29 is 19.1 Å². The molecule has 4 rings (SSSR count). The zero-order chi connectivity index (χ0) is 20.2. The highest BCUT2D eigenvalue weighted by Crippen LogP contribution is 2.38. The number of nitrogens with one attached hydrogen (secondary N) is 1. The molecule has 2 N–H and O–H groups in total. The summed E-state index contributed by atoms with van der Waals surface area (Å²) in [6, 6.07) is 2.86. The summed E-state index contributed by atoms with van der Waals surface area (Å²) in [5, 5.41) is 12.3. The average molecular weight is 387 g/mol. The lowest BCUT2D eigenvalue weighted by molar-refractivity contribution is -0.124. The van der Waals surface area contributed by atoms with E-state index in [0.717, 1.165) is 18.9 Å². The molecule has 2 aromatic rings. The Bertz CT molecular complexity index is 1040. The van der Waals surface area contributed by atoms with Gasteiger partial charge in [0.1, 0.15) is 11.4 Å². The number of rotatable bonds is 5. The molecule has 1 saturated carbocycles. The fourth-order valence-corrected chi connectivity index (χ4v) is 3.54. The van der Waals surface area contributed by atoms with E-state index in [1.165, 1.54) is 6.20 Å². The van der Waals surface area contributed by atoms with Crippen molar-refractivity contribution >= 4 is 28.5 Å². The van der Waals surface area contributed by atoms with Gasteiger partial charge in [0.05, 0.1) is 17.2 Å². The number of aromatic carboxylic acids is 1. The second-order valence-corrected chi connectivity index (χ2v) is 7.90. The molecule has 1 amide bonds. The molecule has 1 aliphatic carbocycles. The Hall–Kier alpha value is -2.90. The fraction of sp³-hybridized carbons (Fsp3) is 0.450. The Morgan fingerprint density at radius 1 is 1.25 bits per heavy atom. The summed E-state index contributed by atoms with van der Waals surface area (Å²) in [5.41, 5.74) is -0.106. The summed E-state index contributed by atoms with van der Waals surface area (Å²) < 4.78 is 16.5. The van der Waals surface area contributed by atoms with Gasteiger partial charge in [-0.1, -0.05) is 13.8 Å². The van der Waals surface area contributed by atoms with Gasteiger partial charge in [0.15, 0.2) is 0 Å².